The Labute approximate surface area is 82.5 Å². The Hall–Kier alpha value is -0.200. The number of benzene rings is 1. The molecule has 0 bridgehead atoms. The first kappa shape index (κ1) is 8.40. The van der Waals surface area contributed by atoms with Crippen LogP contribution in [0.25, 0.3) is 0 Å². The molecule has 0 aromatic heterocycles. The van der Waals surface area contributed by atoms with Gasteiger partial charge < -0.3 is 0 Å². The number of alkyl halides is 2. The lowest BCUT2D eigenvalue weighted by molar-refractivity contribution is 0.820. The van der Waals surface area contributed by atoms with E-state index < -0.39 is 4.33 Å². The fourth-order valence-corrected chi connectivity index (χ4v) is 1.92. The van der Waals surface area contributed by atoms with Crippen molar-refractivity contribution in [3.63, 3.8) is 0 Å². The predicted molar refractivity (Wildman–Crippen MR) is 52.7 cm³/mol. The molecule has 0 saturated heterocycles. The van der Waals surface area contributed by atoms with Crippen LogP contribution in [0.1, 0.15) is 12.0 Å². The topological polar surface area (TPSA) is 0 Å². The Bertz CT molecular complexity index is 266. The van der Waals surface area contributed by atoms with E-state index >= 15 is 0 Å². The summed E-state index contributed by atoms with van der Waals surface area (Å²) in [6, 6.07) is 10.3. The maximum absolute atomic E-state index is 5.92. The molecule has 0 N–H and O–H groups in total. The summed E-state index contributed by atoms with van der Waals surface area (Å²) in [6.07, 6.45) is 1.94. The third-order valence-electron chi connectivity index (χ3n) is 2.28. The van der Waals surface area contributed by atoms with E-state index in [0.29, 0.717) is 5.92 Å². The van der Waals surface area contributed by atoms with Gasteiger partial charge >= 0.3 is 0 Å². The molecule has 1 fully saturated rings. The van der Waals surface area contributed by atoms with E-state index in [4.69, 9.17) is 23.2 Å². The normalized spacial score (nSPS) is 25.3. The second kappa shape index (κ2) is 2.93. The summed E-state index contributed by atoms with van der Waals surface area (Å²) in [5.74, 6) is 0.461. The van der Waals surface area contributed by atoms with Crippen LogP contribution in [0.15, 0.2) is 30.3 Å². The largest absolute Gasteiger partial charge is 0.121 e. The zero-order chi connectivity index (χ0) is 8.60. The summed E-state index contributed by atoms with van der Waals surface area (Å²) in [4.78, 5) is 0. The summed E-state index contributed by atoms with van der Waals surface area (Å²) >= 11 is 11.8. The van der Waals surface area contributed by atoms with Gasteiger partial charge in [-0.15, -0.1) is 23.2 Å². The Morgan fingerprint density at radius 2 is 1.83 bits per heavy atom. The highest BCUT2D eigenvalue weighted by molar-refractivity contribution is 6.50. The van der Waals surface area contributed by atoms with E-state index in [2.05, 4.69) is 12.1 Å². The Kier molecular flexibility index (Phi) is 2.05. The number of rotatable bonds is 2. The van der Waals surface area contributed by atoms with Gasteiger partial charge in [-0.05, 0) is 24.3 Å². The summed E-state index contributed by atoms with van der Waals surface area (Å²) in [6.45, 7) is 0. The van der Waals surface area contributed by atoms with Gasteiger partial charge in [0, 0.05) is 0 Å². The standard InChI is InChI=1S/C10H10Cl2/c11-10(12)7-9(10)6-8-4-2-1-3-5-8/h1-5,9H,6-7H2/t9-/m0/s1. The summed E-state index contributed by atoms with van der Waals surface area (Å²) < 4.78 is -0.435. The number of hydrogen-bond acceptors (Lipinski definition) is 0. The fourth-order valence-electron chi connectivity index (χ4n) is 1.39. The van der Waals surface area contributed by atoms with Crippen LogP contribution in [0.2, 0.25) is 0 Å². The molecule has 12 heavy (non-hydrogen) atoms. The molecule has 1 aliphatic carbocycles. The smallest absolute Gasteiger partial charge is 0.101 e. The van der Waals surface area contributed by atoms with Crippen LogP contribution in [0, 0.1) is 5.92 Å². The molecular weight excluding hydrogens is 191 g/mol. The van der Waals surface area contributed by atoms with Crippen molar-refractivity contribution in [2.45, 2.75) is 17.2 Å². The van der Waals surface area contributed by atoms with Gasteiger partial charge in [-0.25, -0.2) is 0 Å². The minimum absolute atomic E-state index is 0.435. The average molecular weight is 201 g/mol. The van der Waals surface area contributed by atoms with Crippen LogP contribution in [-0.4, -0.2) is 4.33 Å². The minimum atomic E-state index is -0.435. The number of hydrogen-bond donors (Lipinski definition) is 0. The molecule has 1 saturated carbocycles. The van der Waals surface area contributed by atoms with Crippen LogP contribution in [-0.2, 0) is 6.42 Å². The highest BCUT2D eigenvalue weighted by Crippen LogP contribution is 2.54. The maximum Gasteiger partial charge on any atom is 0.121 e. The minimum Gasteiger partial charge on any atom is -0.101 e. The number of halogens is 2. The lowest BCUT2D eigenvalue weighted by atomic mass is 10.1. The average Bonchev–Trinajstić information content (AvgIpc) is 2.61. The highest BCUT2D eigenvalue weighted by atomic mass is 35.5. The van der Waals surface area contributed by atoms with Crippen LogP contribution >= 0.6 is 23.2 Å². The molecule has 2 rings (SSSR count). The Morgan fingerprint density at radius 3 is 2.33 bits per heavy atom. The first-order chi connectivity index (χ1) is 5.68. The van der Waals surface area contributed by atoms with E-state index in [0.717, 1.165) is 12.8 Å². The molecule has 1 aromatic carbocycles. The van der Waals surface area contributed by atoms with E-state index in [1.54, 1.807) is 0 Å². The molecule has 0 spiro atoms. The van der Waals surface area contributed by atoms with Crippen molar-refractivity contribution in [3.8, 4) is 0 Å². The first-order valence-electron chi connectivity index (χ1n) is 4.10. The van der Waals surface area contributed by atoms with Gasteiger partial charge in [-0.1, -0.05) is 30.3 Å². The van der Waals surface area contributed by atoms with E-state index in [9.17, 15) is 0 Å². The summed E-state index contributed by atoms with van der Waals surface area (Å²) in [7, 11) is 0. The Balaban J connectivity index is 1.98. The summed E-state index contributed by atoms with van der Waals surface area (Å²) in [5, 5.41) is 0. The van der Waals surface area contributed by atoms with Gasteiger partial charge in [0.1, 0.15) is 4.33 Å². The molecule has 2 heteroatoms. The van der Waals surface area contributed by atoms with E-state index in [-0.39, 0.29) is 0 Å². The van der Waals surface area contributed by atoms with Crippen LogP contribution in [0.4, 0.5) is 0 Å². The first-order valence-corrected chi connectivity index (χ1v) is 4.86. The van der Waals surface area contributed by atoms with Crippen molar-refractivity contribution in [3.05, 3.63) is 35.9 Å². The molecule has 0 heterocycles. The van der Waals surface area contributed by atoms with Crippen LogP contribution < -0.4 is 0 Å². The van der Waals surface area contributed by atoms with Gasteiger partial charge in [0.15, 0.2) is 0 Å². The quantitative estimate of drug-likeness (QED) is 0.643. The van der Waals surface area contributed by atoms with E-state index in [1.165, 1.54) is 5.56 Å². The molecule has 64 valence electrons. The van der Waals surface area contributed by atoms with Gasteiger partial charge in [0.25, 0.3) is 0 Å². The lowest BCUT2D eigenvalue weighted by Crippen LogP contribution is -1.94. The summed E-state index contributed by atoms with van der Waals surface area (Å²) in [5.41, 5.74) is 1.32. The molecule has 0 unspecified atom stereocenters. The van der Waals surface area contributed by atoms with E-state index in [1.807, 2.05) is 18.2 Å². The Morgan fingerprint density at radius 1 is 1.25 bits per heavy atom. The second-order valence-corrected chi connectivity index (χ2v) is 4.89. The van der Waals surface area contributed by atoms with Crippen LogP contribution in [0.3, 0.4) is 0 Å². The van der Waals surface area contributed by atoms with Gasteiger partial charge in [0.05, 0.1) is 0 Å². The second-order valence-electron chi connectivity index (χ2n) is 3.35. The third-order valence-corrected chi connectivity index (χ3v) is 3.21. The maximum atomic E-state index is 5.92. The molecule has 1 aliphatic rings. The van der Waals surface area contributed by atoms with Crippen molar-refractivity contribution >= 4 is 23.2 Å². The fraction of sp³-hybridized carbons (Fsp3) is 0.400. The van der Waals surface area contributed by atoms with Crippen molar-refractivity contribution in [2.75, 3.05) is 0 Å². The third kappa shape index (κ3) is 1.75. The van der Waals surface area contributed by atoms with Crippen molar-refractivity contribution < 1.29 is 0 Å². The van der Waals surface area contributed by atoms with Crippen LogP contribution in [0.5, 0.6) is 0 Å². The van der Waals surface area contributed by atoms with Gasteiger partial charge in [0.2, 0.25) is 0 Å². The molecular formula is C10H10Cl2. The molecule has 0 nitrogen and oxygen atoms in total. The van der Waals surface area contributed by atoms with Crippen molar-refractivity contribution in [2.24, 2.45) is 5.92 Å². The van der Waals surface area contributed by atoms with Gasteiger partial charge in [-0.2, -0.15) is 0 Å². The SMILES string of the molecule is ClC1(Cl)C[C@@H]1Cc1ccccc1. The zero-order valence-corrected chi connectivity index (χ0v) is 8.15. The lowest BCUT2D eigenvalue weighted by Gasteiger charge is -1.99. The molecule has 0 aliphatic heterocycles. The molecule has 1 atom stereocenters. The van der Waals surface area contributed by atoms with Crippen molar-refractivity contribution in [1.29, 1.82) is 0 Å². The van der Waals surface area contributed by atoms with Crippen molar-refractivity contribution in [1.82, 2.24) is 0 Å². The highest BCUT2D eigenvalue weighted by Gasteiger charge is 2.50. The molecule has 0 radical (unpaired) electrons. The molecule has 1 aromatic rings. The molecule has 0 amide bonds. The van der Waals surface area contributed by atoms with Gasteiger partial charge in [-0.3, -0.25) is 0 Å². The monoisotopic (exact) mass is 200 g/mol. The predicted octanol–water partition coefficient (Wildman–Crippen LogP) is 3.42. The zero-order valence-electron chi connectivity index (χ0n) is 6.63.